The van der Waals surface area contributed by atoms with Crippen molar-refractivity contribution in [2.24, 2.45) is 0 Å². The molecule has 2 N–H and O–H groups in total. The Morgan fingerprint density at radius 2 is 1.81 bits per heavy atom. The van der Waals surface area contributed by atoms with E-state index in [1.165, 1.54) is 6.26 Å². The Labute approximate surface area is 126 Å². The highest BCUT2D eigenvalue weighted by atomic mass is 32.2. The maximum absolute atomic E-state index is 11.7. The zero-order valence-corrected chi connectivity index (χ0v) is 13.9. The van der Waals surface area contributed by atoms with Gasteiger partial charge in [-0.15, -0.1) is 0 Å². The van der Waals surface area contributed by atoms with Gasteiger partial charge in [0.1, 0.15) is 17.5 Å². The molecule has 2 rings (SSSR count). The molecule has 1 fully saturated rings. The van der Waals surface area contributed by atoms with E-state index in [2.05, 4.69) is 20.6 Å². The first kappa shape index (κ1) is 16.0. The van der Waals surface area contributed by atoms with E-state index in [4.69, 9.17) is 0 Å². The van der Waals surface area contributed by atoms with Gasteiger partial charge in [-0.1, -0.05) is 0 Å². The third-order valence-electron chi connectivity index (χ3n) is 3.74. The molecule has 6 nitrogen and oxygen atoms in total. The van der Waals surface area contributed by atoms with E-state index in [-0.39, 0.29) is 0 Å². The summed E-state index contributed by atoms with van der Waals surface area (Å²) in [5.41, 5.74) is 0. The van der Waals surface area contributed by atoms with Crippen molar-refractivity contribution < 1.29 is 8.42 Å². The quantitative estimate of drug-likeness (QED) is 0.801. The summed E-state index contributed by atoms with van der Waals surface area (Å²) in [6.07, 6.45) is 3.52. The lowest BCUT2D eigenvalue weighted by molar-refractivity contribution is 0.559. The summed E-state index contributed by atoms with van der Waals surface area (Å²) in [5, 5.41) is 6.33. The van der Waals surface area contributed by atoms with Gasteiger partial charge in [-0.25, -0.2) is 18.4 Å². The van der Waals surface area contributed by atoms with Crippen LogP contribution in [-0.4, -0.2) is 42.5 Å². The van der Waals surface area contributed by atoms with E-state index in [1.54, 1.807) is 13.8 Å². The number of nitrogens with zero attached hydrogens (tertiary/aromatic N) is 2. The van der Waals surface area contributed by atoms with Crippen molar-refractivity contribution in [2.45, 2.75) is 44.3 Å². The zero-order chi connectivity index (χ0) is 15.7. The van der Waals surface area contributed by atoms with Crippen molar-refractivity contribution in [3.8, 4) is 0 Å². The molecule has 1 aromatic heterocycles. The first-order chi connectivity index (χ1) is 9.73. The smallest absolute Gasteiger partial charge is 0.154 e. The SMILES string of the molecule is CCNc1cc(NCC(C)(C)S(C)(=O)=O)nc(C2CC2)n1. The van der Waals surface area contributed by atoms with Crippen LogP contribution in [0.3, 0.4) is 0 Å². The standard InChI is InChI=1S/C14H24N4O2S/c1-5-15-11-8-12(18-13(17-11)10-6-7-10)16-9-14(2,3)21(4,19)20/h8,10H,5-7,9H2,1-4H3,(H2,15,16,17,18). The summed E-state index contributed by atoms with van der Waals surface area (Å²) >= 11 is 0. The summed E-state index contributed by atoms with van der Waals surface area (Å²) in [4.78, 5) is 9.00. The number of aromatic nitrogens is 2. The monoisotopic (exact) mass is 312 g/mol. The van der Waals surface area contributed by atoms with Crippen LogP contribution in [0.5, 0.6) is 0 Å². The van der Waals surface area contributed by atoms with Crippen LogP contribution in [0.2, 0.25) is 0 Å². The molecule has 1 heterocycles. The fraction of sp³-hybridized carbons (Fsp3) is 0.714. The Morgan fingerprint density at radius 3 is 2.29 bits per heavy atom. The number of nitrogens with one attached hydrogen (secondary N) is 2. The number of anilines is 2. The molecule has 21 heavy (non-hydrogen) atoms. The van der Waals surface area contributed by atoms with Gasteiger partial charge in [0, 0.05) is 31.3 Å². The molecule has 0 aromatic carbocycles. The minimum Gasteiger partial charge on any atom is -0.370 e. The van der Waals surface area contributed by atoms with Gasteiger partial charge in [-0.3, -0.25) is 0 Å². The van der Waals surface area contributed by atoms with Crippen LogP contribution in [0.25, 0.3) is 0 Å². The fourth-order valence-corrected chi connectivity index (χ4v) is 2.12. The average Bonchev–Trinajstić information content (AvgIpc) is 3.19. The van der Waals surface area contributed by atoms with Crippen molar-refractivity contribution in [3.63, 3.8) is 0 Å². The number of hydrogen-bond acceptors (Lipinski definition) is 6. The maximum Gasteiger partial charge on any atom is 0.154 e. The molecule has 1 aromatic rings. The lowest BCUT2D eigenvalue weighted by atomic mass is 10.2. The van der Waals surface area contributed by atoms with Gasteiger partial charge in [-0.05, 0) is 33.6 Å². The Balaban J connectivity index is 2.15. The molecule has 0 saturated heterocycles. The highest BCUT2D eigenvalue weighted by Gasteiger charge is 2.31. The van der Waals surface area contributed by atoms with Crippen LogP contribution >= 0.6 is 0 Å². The summed E-state index contributed by atoms with van der Waals surface area (Å²) < 4.78 is 22.7. The van der Waals surface area contributed by atoms with Gasteiger partial charge in [0.15, 0.2) is 9.84 Å². The lowest BCUT2D eigenvalue weighted by Gasteiger charge is -2.23. The first-order valence-corrected chi connectivity index (χ1v) is 9.18. The molecule has 0 atom stereocenters. The van der Waals surface area contributed by atoms with Crippen molar-refractivity contribution in [1.29, 1.82) is 0 Å². The molecule has 7 heteroatoms. The van der Waals surface area contributed by atoms with Crippen LogP contribution in [-0.2, 0) is 9.84 Å². The molecule has 0 aliphatic heterocycles. The molecule has 0 amide bonds. The molecule has 0 spiro atoms. The molecular formula is C14H24N4O2S. The highest BCUT2D eigenvalue weighted by molar-refractivity contribution is 7.92. The van der Waals surface area contributed by atoms with E-state index >= 15 is 0 Å². The molecule has 118 valence electrons. The second-order valence-electron chi connectivity index (χ2n) is 6.19. The summed E-state index contributed by atoms with van der Waals surface area (Å²) in [7, 11) is -3.13. The first-order valence-electron chi connectivity index (χ1n) is 7.29. The van der Waals surface area contributed by atoms with Crippen molar-refractivity contribution in [3.05, 3.63) is 11.9 Å². The molecule has 1 aliphatic carbocycles. The van der Waals surface area contributed by atoms with Gasteiger partial charge < -0.3 is 10.6 Å². The number of sulfone groups is 1. The van der Waals surface area contributed by atoms with E-state index in [1.807, 2.05) is 13.0 Å². The Morgan fingerprint density at radius 1 is 1.24 bits per heavy atom. The number of hydrogen-bond donors (Lipinski definition) is 2. The Bertz CT molecular complexity index is 609. The molecule has 1 saturated carbocycles. The molecule has 0 unspecified atom stereocenters. The normalized spacial score (nSPS) is 15.8. The van der Waals surface area contributed by atoms with Crippen LogP contribution in [0.1, 0.15) is 45.4 Å². The largest absolute Gasteiger partial charge is 0.370 e. The minimum atomic E-state index is -3.13. The second kappa shape index (κ2) is 5.79. The molecule has 0 bridgehead atoms. The molecular weight excluding hydrogens is 288 g/mol. The van der Waals surface area contributed by atoms with Crippen LogP contribution < -0.4 is 10.6 Å². The third-order valence-corrected chi connectivity index (χ3v) is 5.89. The summed E-state index contributed by atoms with van der Waals surface area (Å²) in [6, 6.07) is 1.83. The van der Waals surface area contributed by atoms with Crippen molar-refractivity contribution in [1.82, 2.24) is 9.97 Å². The van der Waals surface area contributed by atoms with E-state index in [9.17, 15) is 8.42 Å². The predicted octanol–water partition coefficient (Wildman–Crippen LogP) is 2.02. The van der Waals surface area contributed by atoms with Crippen LogP contribution in [0.4, 0.5) is 11.6 Å². The summed E-state index contributed by atoms with van der Waals surface area (Å²) in [5.74, 6) is 2.76. The highest BCUT2D eigenvalue weighted by Crippen LogP contribution is 2.38. The van der Waals surface area contributed by atoms with Crippen molar-refractivity contribution >= 4 is 21.5 Å². The van der Waals surface area contributed by atoms with Crippen LogP contribution in [0.15, 0.2) is 6.07 Å². The molecule has 1 aliphatic rings. The second-order valence-corrected chi connectivity index (χ2v) is 8.84. The van der Waals surface area contributed by atoms with Gasteiger partial charge >= 0.3 is 0 Å². The van der Waals surface area contributed by atoms with Gasteiger partial charge in [0.25, 0.3) is 0 Å². The van der Waals surface area contributed by atoms with E-state index in [0.717, 1.165) is 31.0 Å². The zero-order valence-electron chi connectivity index (χ0n) is 13.1. The van der Waals surface area contributed by atoms with Gasteiger partial charge in [0.05, 0.1) is 4.75 Å². The maximum atomic E-state index is 11.7. The minimum absolute atomic E-state index is 0.318. The molecule has 0 radical (unpaired) electrons. The average molecular weight is 312 g/mol. The van der Waals surface area contributed by atoms with E-state index in [0.29, 0.717) is 18.3 Å². The van der Waals surface area contributed by atoms with Crippen LogP contribution in [0, 0.1) is 0 Å². The van der Waals surface area contributed by atoms with Gasteiger partial charge in [-0.2, -0.15) is 0 Å². The third kappa shape index (κ3) is 4.06. The summed E-state index contributed by atoms with van der Waals surface area (Å²) in [6.45, 7) is 6.54. The van der Waals surface area contributed by atoms with Gasteiger partial charge in [0.2, 0.25) is 0 Å². The lowest BCUT2D eigenvalue weighted by Crippen LogP contribution is -2.38. The number of rotatable bonds is 7. The Hall–Kier alpha value is -1.37. The topological polar surface area (TPSA) is 84.0 Å². The van der Waals surface area contributed by atoms with E-state index < -0.39 is 14.6 Å². The fourth-order valence-electron chi connectivity index (χ4n) is 1.79. The van der Waals surface area contributed by atoms with Crippen molar-refractivity contribution in [2.75, 3.05) is 30.0 Å². The predicted molar refractivity (Wildman–Crippen MR) is 85.6 cm³/mol. The Kier molecular flexibility index (Phi) is 4.41.